The Kier molecular flexibility index (Phi) is 5.63. The van der Waals surface area contributed by atoms with Crippen molar-refractivity contribution in [2.24, 2.45) is 5.92 Å². The molecule has 1 saturated carbocycles. The molecule has 3 rings (SSSR count). The molecular weight excluding hydrogens is 324 g/mol. The van der Waals surface area contributed by atoms with Crippen molar-refractivity contribution in [3.05, 3.63) is 27.1 Å². The van der Waals surface area contributed by atoms with Crippen LogP contribution >= 0.6 is 11.3 Å². The van der Waals surface area contributed by atoms with Crippen LogP contribution in [0.1, 0.15) is 49.7 Å². The van der Waals surface area contributed by atoms with E-state index in [9.17, 15) is 9.90 Å². The van der Waals surface area contributed by atoms with Gasteiger partial charge in [0.15, 0.2) is 0 Å². The fourth-order valence-corrected chi connectivity index (χ4v) is 4.64. The molecule has 0 aliphatic heterocycles. The van der Waals surface area contributed by atoms with Gasteiger partial charge in [0.2, 0.25) is 4.96 Å². The van der Waals surface area contributed by atoms with E-state index in [1.54, 1.807) is 0 Å². The number of hydrogen-bond acceptors (Lipinski definition) is 6. The highest BCUT2D eigenvalue weighted by atomic mass is 32.1. The lowest BCUT2D eigenvalue weighted by molar-refractivity contribution is 0.0985. The first-order valence-corrected chi connectivity index (χ1v) is 9.61. The molecule has 2 heterocycles. The molecule has 1 aliphatic rings. The zero-order valence-electron chi connectivity index (χ0n) is 14.4. The molecule has 1 atom stereocenters. The Hall–Kier alpha value is -1.31. The minimum absolute atomic E-state index is 0.131. The van der Waals surface area contributed by atoms with Crippen LogP contribution in [0.3, 0.4) is 0 Å². The summed E-state index contributed by atoms with van der Waals surface area (Å²) in [7, 11) is 0. The smallest absolute Gasteiger partial charge is 0.275 e. The third-order valence-corrected chi connectivity index (χ3v) is 5.94. The summed E-state index contributed by atoms with van der Waals surface area (Å²) in [6.45, 7) is 5.51. The molecule has 6 nitrogen and oxygen atoms in total. The van der Waals surface area contributed by atoms with Gasteiger partial charge in [0.25, 0.3) is 5.56 Å². The Morgan fingerprint density at radius 3 is 2.88 bits per heavy atom. The number of aryl methyl sites for hydroxylation is 1. The standard InChI is InChI=1S/C17H26N4O2S/c1-12-10-16(23)21-17(18-12)24-15(19-21)11-20(8-9-22)13(2)14-6-4-3-5-7-14/h10,13-14,22H,3-9,11H2,1-2H3. The average molecular weight is 350 g/mol. The number of nitrogens with zero attached hydrogens (tertiary/aromatic N) is 4. The minimum atomic E-state index is -0.131. The number of rotatable bonds is 6. The summed E-state index contributed by atoms with van der Waals surface area (Å²) in [5.74, 6) is 0.683. The maximum absolute atomic E-state index is 12.0. The first-order valence-electron chi connectivity index (χ1n) is 8.80. The molecule has 0 bridgehead atoms. The van der Waals surface area contributed by atoms with Crippen LogP contribution in [0.2, 0.25) is 0 Å². The van der Waals surface area contributed by atoms with Gasteiger partial charge in [0.05, 0.1) is 13.2 Å². The highest BCUT2D eigenvalue weighted by Crippen LogP contribution is 2.29. The SMILES string of the molecule is Cc1cc(=O)n2nc(CN(CCO)C(C)C3CCCCC3)sc2n1. The Morgan fingerprint density at radius 2 is 2.17 bits per heavy atom. The van der Waals surface area contributed by atoms with Crippen LogP contribution < -0.4 is 5.56 Å². The summed E-state index contributed by atoms with van der Waals surface area (Å²) in [6, 6.07) is 1.92. The molecule has 1 fully saturated rings. The minimum Gasteiger partial charge on any atom is -0.395 e. The first kappa shape index (κ1) is 17.5. The van der Waals surface area contributed by atoms with Crippen molar-refractivity contribution in [2.75, 3.05) is 13.2 Å². The molecule has 2 aromatic rings. The van der Waals surface area contributed by atoms with Gasteiger partial charge in [-0.2, -0.15) is 9.61 Å². The van der Waals surface area contributed by atoms with Crippen LogP contribution in [0, 0.1) is 12.8 Å². The zero-order chi connectivity index (χ0) is 17.1. The first-order chi connectivity index (χ1) is 11.6. The second-order valence-electron chi connectivity index (χ2n) is 6.76. The zero-order valence-corrected chi connectivity index (χ0v) is 15.3. The highest BCUT2D eigenvalue weighted by molar-refractivity contribution is 7.16. The molecule has 0 spiro atoms. The van der Waals surface area contributed by atoms with Gasteiger partial charge >= 0.3 is 0 Å². The van der Waals surface area contributed by atoms with E-state index >= 15 is 0 Å². The summed E-state index contributed by atoms with van der Waals surface area (Å²) < 4.78 is 1.38. The van der Waals surface area contributed by atoms with Gasteiger partial charge in [0.1, 0.15) is 5.01 Å². The van der Waals surface area contributed by atoms with Gasteiger partial charge in [-0.25, -0.2) is 4.98 Å². The maximum atomic E-state index is 12.0. The van der Waals surface area contributed by atoms with Crippen molar-refractivity contribution in [3.63, 3.8) is 0 Å². The third kappa shape index (κ3) is 3.84. The second-order valence-corrected chi connectivity index (χ2v) is 7.80. The quantitative estimate of drug-likeness (QED) is 0.865. The van der Waals surface area contributed by atoms with Crippen LogP contribution in [0.5, 0.6) is 0 Å². The molecule has 0 radical (unpaired) electrons. The topological polar surface area (TPSA) is 70.7 Å². The van der Waals surface area contributed by atoms with Gasteiger partial charge < -0.3 is 5.11 Å². The van der Waals surface area contributed by atoms with Gasteiger partial charge in [-0.15, -0.1) is 0 Å². The third-order valence-electron chi connectivity index (χ3n) is 5.05. The van der Waals surface area contributed by atoms with Gasteiger partial charge in [-0.05, 0) is 32.6 Å². The number of aliphatic hydroxyl groups is 1. The van der Waals surface area contributed by atoms with E-state index in [1.165, 1.54) is 54.0 Å². The van der Waals surface area contributed by atoms with Gasteiger partial charge in [0, 0.05) is 24.3 Å². The lowest BCUT2D eigenvalue weighted by Crippen LogP contribution is -2.40. The monoisotopic (exact) mass is 350 g/mol. The second kappa shape index (κ2) is 7.72. The predicted octanol–water partition coefficient (Wildman–Crippen LogP) is 2.22. The van der Waals surface area contributed by atoms with Crippen molar-refractivity contribution in [1.29, 1.82) is 0 Å². The summed E-state index contributed by atoms with van der Waals surface area (Å²) in [6.07, 6.45) is 6.49. The number of aromatic nitrogens is 3. The van der Waals surface area contributed by atoms with Crippen LogP contribution in [-0.4, -0.2) is 43.8 Å². The molecule has 0 saturated heterocycles. The van der Waals surface area contributed by atoms with E-state index in [-0.39, 0.29) is 12.2 Å². The summed E-state index contributed by atoms with van der Waals surface area (Å²) >= 11 is 1.46. The molecule has 0 aromatic carbocycles. The predicted molar refractivity (Wildman–Crippen MR) is 95.4 cm³/mol. The van der Waals surface area contributed by atoms with E-state index in [1.807, 2.05) is 6.92 Å². The molecule has 1 N–H and O–H groups in total. The van der Waals surface area contributed by atoms with Crippen molar-refractivity contribution < 1.29 is 5.11 Å². The molecule has 1 aliphatic carbocycles. The van der Waals surface area contributed by atoms with E-state index < -0.39 is 0 Å². The Balaban J connectivity index is 1.79. The van der Waals surface area contributed by atoms with E-state index in [2.05, 4.69) is 21.9 Å². The summed E-state index contributed by atoms with van der Waals surface area (Å²) in [5.41, 5.74) is 0.590. The van der Waals surface area contributed by atoms with Crippen molar-refractivity contribution in [3.8, 4) is 0 Å². The van der Waals surface area contributed by atoms with Crippen molar-refractivity contribution in [1.82, 2.24) is 19.5 Å². The molecule has 132 valence electrons. The molecule has 24 heavy (non-hydrogen) atoms. The van der Waals surface area contributed by atoms with E-state index in [0.29, 0.717) is 30.0 Å². The number of hydrogen-bond donors (Lipinski definition) is 1. The summed E-state index contributed by atoms with van der Waals surface area (Å²) in [4.78, 5) is 19.4. The molecule has 7 heteroatoms. The van der Waals surface area contributed by atoms with Crippen LogP contribution in [-0.2, 0) is 6.54 Å². The number of aliphatic hydroxyl groups excluding tert-OH is 1. The molecule has 1 unspecified atom stereocenters. The lowest BCUT2D eigenvalue weighted by Gasteiger charge is -2.35. The molecule has 2 aromatic heterocycles. The van der Waals surface area contributed by atoms with Crippen molar-refractivity contribution >= 4 is 16.3 Å². The Labute approximate surface area is 146 Å². The van der Waals surface area contributed by atoms with Crippen LogP contribution in [0.4, 0.5) is 0 Å². The number of fused-ring (bicyclic) bond motifs is 1. The van der Waals surface area contributed by atoms with Crippen LogP contribution in [0.15, 0.2) is 10.9 Å². The Morgan fingerprint density at radius 1 is 1.42 bits per heavy atom. The maximum Gasteiger partial charge on any atom is 0.275 e. The molecular formula is C17H26N4O2S. The fraction of sp³-hybridized carbons (Fsp3) is 0.706. The summed E-state index contributed by atoms with van der Waals surface area (Å²) in [5, 5.41) is 14.8. The van der Waals surface area contributed by atoms with Gasteiger partial charge in [-0.3, -0.25) is 9.69 Å². The van der Waals surface area contributed by atoms with E-state index in [0.717, 1.165) is 10.7 Å². The van der Waals surface area contributed by atoms with Gasteiger partial charge in [-0.1, -0.05) is 30.6 Å². The van der Waals surface area contributed by atoms with Crippen LogP contribution in [0.25, 0.3) is 4.96 Å². The lowest BCUT2D eigenvalue weighted by atomic mass is 9.84. The molecule has 0 amide bonds. The van der Waals surface area contributed by atoms with E-state index in [4.69, 9.17) is 0 Å². The fourth-order valence-electron chi connectivity index (χ4n) is 3.67. The largest absolute Gasteiger partial charge is 0.395 e. The Bertz CT molecular complexity index is 736. The average Bonchev–Trinajstić information content (AvgIpc) is 2.97. The highest BCUT2D eigenvalue weighted by Gasteiger charge is 2.26. The normalized spacial score (nSPS) is 17.7. The van der Waals surface area contributed by atoms with Crippen molar-refractivity contribution in [2.45, 2.75) is 58.5 Å².